The Balaban J connectivity index is 0.000000654. The monoisotopic (exact) mass is 454 g/mol. The van der Waals surface area contributed by atoms with Crippen LogP contribution in [-0.4, -0.2) is 49.6 Å². The Bertz CT molecular complexity index is 948. The van der Waals surface area contributed by atoms with E-state index in [1.165, 1.54) is 6.20 Å². The first-order chi connectivity index (χ1) is 15.1. The third kappa shape index (κ3) is 6.59. The maximum Gasteiger partial charge on any atom is 0.416 e. The lowest BCUT2D eigenvalue weighted by Gasteiger charge is -2.28. The largest absolute Gasteiger partial charge is 0.416 e. The van der Waals surface area contributed by atoms with Gasteiger partial charge in [-0.05, 0) is 42.8 Å². The number of hydrogen-bond donors (Lipinski definition) is 1. The average molecular weight is 454 g/mol. The summed E-state index contributed by atoms with van der Waals surface area (Å²) in [6.45, 7) is 3.17. The van der Waals surface area contributed by atoms with Gasteiger partial charge in [-0.1, -0.05) is 0 Å². The number of benzene rings is 1. The molecule has 1 aromatic carbocycles. The minimum Gasteiger partial charge on any atom is -0.383 e. The summed E-state index contributed by atoms with van der Waals surface area (Å²) in [7, 11) is 3.45. The molecule has 1 aliphatic heterocycles. The van der Waals surface area contributed by atoms with E-state index in [1.807, 2.05) is 19.0 Å². The molecule has 0 radical (unpaired) electrons. The van der Waals surface area contributed by atoms with Crippen molar-refractivity contribution < 1.29 is 27.1 Å². The second-order valence-electron chi connectivity index (χ2n) is 7.15. The molecule has 1 unspecified atom stereocenters. The molecule has 1 aliphatic rings. The fourth-order valence-corrected chi connectivity index (χ4v) is 3.08. The molecule has 174 valence electrons. The van der Waals surface area contributed by atoms with Crippen LogP contribution < -0.4 is 10.7 Å². The number of halogens is 4. The van der Waals surface area contributed by atoms with Crippen LogP contribution in [0.5, 0.6) is 0 Å². The van der Waals surface area contributed by atoms with Crippen molar-refractivity contribution in [1.29, 1.82) is 0 Å². The van der Waals surface area contributed by atoms with Gasteiger partial charge in [-0.15, -0.1) is 0 Å². The number of carbonyl (C=O) groups is 1. The summed E-state index contributed by atoms with van der Waals surface area (Å²) in [5, 5.41) is 3.62. The zero-order valence-corrected chi connectivity index (χ0v) is 18.1. The maximum atomic E-state index is 13.6. The van der Waals surface area contributed by atoms with E-state index in [-0.39, 0.29) is 18.0 Å². The fourth-order valence-electron chi connectivity index (χ4n) is 3.08. The summed E-state index contributed by atoms with van der Waals surface area (Å²) >= 11 is 0. The van der Waals surface area contributed by atoms with Crippen LogP contribution in [0.4, 0.5) is 23.2 Å². The number of nitrogens with zero attached hydrogens (tertiary/aromatic N) is 3. The number of carbonyl (C=O) groups excluding carboxylic acids is 1. The fraction of sp³-hybridized carbons (Fsp3) is 0.364. The minimum absolute atomic E-state index is 0.0477. The first-order valence-corrected chi connectivity index (χ1v) is 9.80. The van der Waals surface area contributed by atoms with Crippen molar-refractivity contribution in [2.45, 2.75) is 25.6 Å². The first kappa shape index (κ1) is 25.4. The summed E-state index contributed by atoms with van der Waals surface area (Å²) in [4.78, 5) is 15.3. The molecule has 0 aliphatic carbocycles. The van der Waals surface area contributed by atoms with Gasteiger partial charge in [0.05, 0.1) is 23.9 Å². The molecule has 3 rings (SSSR count). The van der Waals surface area contributed by atoms with E-state index >= 15 is 0 Å². The molecule has 2 aromatic rings. The number of likely N-dealkylation sites (N-methyl/N-ethyl adjacent to an activating group) is 1. The number of anilines is 1. The average Bonchev–Trinajstić information content (AvgIpc) is 3.02. The highest BCUT2D eigenvalue weighted by Crippen LogP contribution is 2.31. The van der Waals surface area contributed by atoms with Gasteiger partial charge in [0.2, 0.25) is 0 Å². The van der Waals surface area contributed by atoms with Gasteiger partial charge in [-0.25, -0.2) is 9.40 Å². The number of hydrogen-bond acceptors (Lipinski definition) is 6. The Morgan fingerprint density at radius 2 is 1.97 bits per heavy atom. The molecule has 2 heterocycles. The van der Waals surface area contributed by atoms with E-state index < -0.39 is 17.6 Å². The Morgan fingerprint density at radius 3 is 2.50 bits per heavy atom. The second-order valence-corrected chi connectivity index (χ2v) is 7.15. The van der Waals surface area contributed by atoms with Crippen LogP contribution in [0.15, 0.2) is 48.3 Å². The van der Waals surface area contributed by atoms with Crippen molar-refractivity contribution in [3.05, 3.63) is 70.9 Å². The first-order valence-electron chi connectivity index (χ1n) is 9.80. The Morgan fingerprint density at radius 1 is 1.25 bits per heavy atom. The third-order valence-electron chi connectivity index (χ3n) is 4.85. The Hall–Kier alpha value is -2.82. The lowest BCUT2D eigenvalue weighted by molar-refractivity contribution is -0.137. The van der Waals surface area contributed by atoms with Crippen LogP contribution in [0.2, 0.25) is 0 Å². The van der Waals surface area contributed by atoms with Gasteiger partial charge < -0.3 is 10.5 Å². The molecule has 1 atom stereocenters. The Kier molecular flexibility index (Phi) is 8.88. The van der Waals surface area contributed by atoms with Crippen LogP contribution >= 0.6 is 0 Å². The van der Waals surface area contributed by atoms with Gasteiger partial charge in [0.1, 0.15) is 12.1 Å². The zero-order chi connectivity index (χ0) is 23.9. The number of rotatable bonds is 6. The van der Waals surface area contributed by atoms with E-state index in [0.29, 0.717) is 36.2 Å². The number of aldehydes is 1. The minimum atomic E-state index is -4.61. The second kappa shape index (κ2) is 11.2. The number of hydrazine groups is 1. The molecule has 0 saturated carbocycles. The van der Waals surface area contributed by atoms with Crippen molar-refractivity contribution >= 4 is 12.0 Å². The van der Waals surface area contributed by atoms with Crippen molar-refractivity contribution in [2.75, 3.05) is 32.3 Å². The topological polar surface area (TPSA) is 71.7 Å². The number of nitrogens with two attached hydrogens (primary N) is 1. The highest BCUT2D eigenvalue weighted by atomic mass is 19.4. The van der Waals surface area contributed by atoms with Crippen molar-refractivity contribution in [1.82, 2.24) is 9.99 Å². The molecule has 0 bridgehead atoms. The van der Waals surface area contributed by atoms with Gasteiger partial charge in [-0.3, -0.25) is 14.8 Å². The quantitative estimate of drug-likeness (QED) is 0.532. The van der Waals surface area contributed by atoms with E-state index in [1.54, 1.807) is 30.5 Å². The number of aromatic nitrogens is 1. The van der Waals surface area contributed by atoms with Gasteiger partial charge >= 0.3 is 6.18 Å². The standard InChI is InChI=1S/C19H17F4N3O.C3H9NO/c1-12-14(11-27)10-26(25(12)2)18-3-4-24-17(9-18)7-13-5-15(19(21,22)23)8-16(20)6-13;1-5-3-2-4/h3-6,8-12H,7H2,1-2H3;2-4H2,1H3. The highest BCUT2D eigenvalue weighted by Gasteiger charge is 2.31. The predicted molar refractivity (Wildman–Crippen MR) is 113 cm³/mol. The van der Waals surface area contributed by atoms with Crippen molar-refractivity contribution in [2.24, 2.45) is 5.73 Å². The van der Waals surface area contributed by atoms with E-state index in [9.17, 15) is 22.4 Å². The summed E-state index contributed by atoms with van der Waals surface area (Å²) in [5.74, 6) is -0.942. The van der Waals surface area contributed by atoms with Crippen LogP contribution in [-0.2, 0) is 22.1 Å². The molecule has 2 N–H and O–H groups in total. The van der Waals surface area contributed by atoms with Gasteiger partial charge in [0, 0.05) is 50.8 Å². The number of ether oxygens (including phenoxy) is 1. The molecular weight excluding hydrogens is 428 g/mol. The molecule has 0 amide bonds. The van der Waals surface area contributed by atoms with Crippen LogP contribution in [0, 0.1) is 5.82 Å². The van der Waals surface area contributed by atoms with Crippen LogP contribution in [0.25, 0.3) is 0 Å². The Labute approximate surface area is 184 Å². The van der Waals surface area contributed by atoms with E-state index in [0.717, 1.165) is 18.4 Å². The summed E-state index contributed by atoms with van der Waals surface area (Å²) in [6.07, 6.45) is -0.558. The number of alkyl halides is 3. The predicted octanol–water partition coefficient (Wildman–Crippen LogP) is 3.56. The van der Waals surface area contributed by atoms with Gasteiger partial charge in [0.15, 0.2) is 0 Å². The highest BCUT2D eigenvalue weighted by molar-refractivity contribution is 5.77. The van der Waals surface area contributed by atoms with E-state index in [2.05, 4.69) is 9.72 Å². The maximum absolute atomic E-state index is 13.6. The lowest BCUT2D eigenvalue weighted by Crippen LogP contribution is -2.37. The lowest BCUT2D eigenvalue weighted by atomic mass is 10.0. The van der Waals surface area contributed by atoms with Crippen molar-refractivity contribution in [3.8, 4) is 0 Å². The van der Waals surface area contributed by atoms with Gasteiger partial charge in [-0.2, -0.15) is 13.2 Å². The summed E-state index contributed by atoms with van der Waals surface area (Å²) in [6, 6.07) is 5.79. The summed E-state index contributed by atoms with van der Waals surface area (Å²) in [5.41, 5.74) is 5.97. The SMILES string of the molecule is CC1C(C=O)=CN(c2ccnc(Cc3cc(F)cc(C(F)(F)F)c3)c2)N1C.COCCN. The molecule has 32 heavy (non-hydrogen) atoms. The molecule has 0 fully saturated rings. The third-order valence-corrected chi connectivity index (χ3v) is 4.85. The molecule has 0 spiro atoms. The molecule has 6 nitrogen and oxygen atoms in total. The van der Waals surface area contributed by atoms with Crippen LogP contribution in [0.3, 0.4) is 0 Å². The molecule has 10 heteroatoms. The van der Waals surface area contributed by atoms with E-state index in [4.69, 9.17) is 5.73 Å². The normalized spacial score (nSPS) is 16.4. The van der Waals surface area contributed by atoms with Crippen molar-refractivity contribution in [3.63, 3.8) is 0 Å². The molecular formula is C22H26F4N4O2. The number of methoxy groups -OCH3 is 1. The summed E-state index contributed by atoms with van der Waals surface area (Å²) < 4.78 is 56.8. The number of pyridine rings is 1. The van der Waals surface area contributed by atoms with Crippen LogP contribution in [0.1, 0.15) is 23.7 Å². The zero-order valence-electron chi connectivity index (χ0n) is 18.1. The molecule has 0 saturated heterocycles. The van der Waals surface area contributed by atoms with Gasteiger partial charge in [0.25, 0.3) is 0 Å². The molecule has 1 aromatic heterocycles. The smallest absolute Gasteiger partial charge is 0.383 e.